The molecular formula is C17H27NO8. The Balaban J connectivity index is 1.82. The van der Waals surface area contributed by atoms with Gasteiger partial charge in [-0.2, -0.15) is 0 Å². The summed E-state index contributed by atoms with van der Waals surface area (Å²) in [6.45, 7) is 10.4. The minimum Gasteiger partial charge on any atom is -0.480 e. The molecular weight excluding hydrogens is 346 g/mol. The summed E-state index contributed by atoms with van der Waals surface area (Å²) in [5.41, 5.74) is 0. The maximum Gasteiger partial charge on any atom is 0.326 e. The molecule has 26 heavy (non-hydrogen) atoms. The van der Waals surface area contributed by atoms with Gasteiger partial charge in [0.1, 0.15) is 24.4 Å². The van der Waals surface area contributed by atoms with Crippen LogP contribution in [0, 0.1) is 5.92 Å². The Morgan fingerprint density at radius 1 is 0.923 bits per heavy atom. The number of rotatable bonds is 4. The van der Waals surface area contributed by atoms with Crippen LogP contribution in [-0.4, -0.2) is 65.3 Å². The number of carbonyl (C=O) groups is 2. The van der Waals surface area contributed by atoms with E-state index in [2.05, 4.69) is 5.32 Å². The number of ether oxygens (including phenoxy) is 5. The third-order valence-corrected chi connectivity index (χ3v) is 4.64. The molecule has 0 radical (unpaired) electrons. The first-order valence-electron chi connectivity index (χ1n) is 8.80. The lowest BCUT2D eigenvalue weighted by Crippen LogP contribution is -2.61. The lowest BCUT2D eigenvalue weighted by atomic mass is 9.97. The van der Waals surface area contributed by atoms with Gasteiger partial charge in [0.2, 0.25) is 0 Å². The van der Waals surface area contributed by atoms with E-state index in [1.165, 1.54) is 0 Å². The number of carboxylic acids is 1. The van der Waals surface area contributed by atoms with Gasteiger partial charge in [-0.3, -0.25) is 4.79 Å². The van der Waals surface area contributed by atoms with E-state index in [0.717, 1.165) is 0 Å². The van der Waals surface area contributed by atoms with Crippen molar-refractivity contribution in [2.45, 2.75) is 89.9 Å². The number of carboxylic acid groups (broad SMARTS) is 1. The van der Waals surface area contributed by atoms with Crippen molar-refractivity contribution in [1.82, 2.24) is 5.32 Å². The van der Waals surface area contributed by atoms with Crippen LogP contribution in [0.4, 0.5) is 0 Å². The van der Waals surface area contributed by atoms with Gasteiger partial charge in [0.15, 0.2) is 24.0 Å². The average Bonchev–Trinajstić information content (AvgIpc) is 2.96. The third-order valence-electron chi connectivity index (χ3n) is 4.64. The Morgan fingerprint density at radius 3 is 2.04 bits per heavy atom. The van der Waals surface area contributed by atoms with Crippen molar-refractivity contribution < 1.29 is 38.4 Å². The van der Waals surface area contributed by atoms with Gasteiger partial charge in [0, 0.05) is 0 Å². The largest absolute Gasteiger partial charge is 0.480 e. The molecule has 0 bridgehead atoms. The molecule has 0 aromatic carbocycles. The van der Waals surface area contributed by atoms with Crippen LogP contribution in [0.15, 0.2) is 0 Å². The molecule has 3 saturated heterocycles. The van der Waals surface area contributed by atoms with Crippen LogP contribution in [-0.2, 0) is 33.3 Å². The van der Waals surface area contributed by atoms with Crippen molar-refractivity contribution in [2.24, 2.45) is 5.92 Å². The fourth-order valence-corrected chi connectivity index (χ4v) is 3.57. The highest BCUT2D eigenvalue weighted by atomic mass is 16.9. The summed E-state index contributed by atoms with van der Waals surface area (Å²) in [7, 11) is 0. The SMILES string of the molecule is CC(C)[C@@H](NC(=O)[C@H]1O[C@@H]2OC(C)(C)O[C@@H]2[C@H]2OC(C)(C)O[C@H]21)C(=O)O. The molecule has 1 amide bonds. The first kappa shape index (κ1) is 19.5. The topological polar surface area (TPSA) is 113 Å². The van der Waals surface area contributed by atoms with Gasteiger partial charge in [-0.15, -0.1) is 0 Å². The van der Waals surface area contributed by atoms with Gasteiger partial charge in [0.25, 0.3) is 5.91 Å². The van der Waals surface area contributed by atoms with Crippen molar-refractivity contribution in [3.63, 3.8) is 0 Å². The molecule has 9 nitrogen and oxygen atoms in total. The van der Waals surface area contributed by atoms with Crippen LogP contribution in [0.5, 0.6) is 0 Å². The summed E-state index contributed by atoms with van der Waals surface area (Å²) in [6.07, 6.45) is -3.71. The van der Waals surface area contributed by atoms with Gasteiger partial charge in [0.05, 0.1) is 0 Å². The predicted octanol–water partition coefficient (Wildman–Crippen LogP) is 0.608. The smallest absolute Gasteiger partial charge is 0.326 e. The Kier molecular flexibility index (Phi) is 4.81. The number of hydrogen-bond donors (Lipinski definition) is 2. The zero-order chi connectivity index (χ0) is 19.4. The summed E-state index contributed by atoms with van der Waals surface area (Å²) >= 11 is 0. The lowest BCUT2D eigenvalue weighted by molar-refractivity contribution is -0.231. The van der Waals surface area contributed by atoms with Crippen molar-refractivity contribution in [1.29, 1.82) is 0 Å². The van der Waals surface area contributed by atoms with Crippen LogP contribution in [0.25, 0.3) is 0 Å². The fraction of sp³-hybridized carbons (Fsp3) is 0.882. The zero-order valence-corrected chi connectivity index (χ0v) is 15.8. The average molecular weight is 373 g/mol. The Labute approximate surface area is 152 Å². The second-order valence-electron chi connectivity index (χ2n) is 8.16. The number of nitrogens with one attached hydrogen (secondary N) is 1. The normalized spacial score (nSPS) is 38.5. The molecule has 2 N–H and O–H groups in total. The molecule has 3 heterocycles. The lowest BCUT2D eigenvalue weighted by Gasteiger charge is -2.37. The third kappa shape index (κ3) is 3.59. The number of amides is 1. The van der Waals surface area contributed by atoms with Crippen LogP contribution >= 0.6 is 0 Å². The Hall–Kier alpha value is -1.26. The van der Waals surface area contributed by atoms with Crippen molar-refractivity contribution in [2.75, 3.05) is 0 Å². The Morgan fingerprint density at radius 2 is 1.46 bits per heavy atom. The molecule has 3 rings (SSSR count). The predicted molar refractivity (Wildman–Crippen MR) is 86.9 cm³/mol. The molecule has 3 fully saturated rings. The highest BCUT2D eigenvalue weighted by Crippen LogP contribution is 2.44. The highest BCUT2D eigenvalue weighted by molar-refractivity contribution is 5.87. The highest BCUT2D eigenvalue weighted by Gasteiger charge is 2.62. The molecule has 3 aliphatic heterocycles. The number of fused-ring (bicyclic) bond motifs is 3. The van der Waals surface area contributed by atoms with Gasteiger partial charge < -0.3 is 34.1 Å². The molecule has 0 spiro atoms. The maximum atomic E-state index is 12.8. The monoisotopic (exact) mass is 373 g/mol. The van der Waals surface area contributed by atoms with Crippen LogP contribution in [0.2, 0.25) is 0 Å². The minimum absolute atomic E-state index is 0.286. The second-order valence-corrected chi connectivity index (χ2v) is 8.16. The molecule has 9 heteroatoms. The van der Waals surface area contributed by atoms with E-state index in [1.807, 2.05) is 0 Å². The Bertz CT molecular complexity index is 589. The van der Waals surface area contributed by atoms with E-state index >= 15 is 0 Å². The summed E-state index contributed by atoms with van der Waals surface area (Å²) in [5, 5.41) is 11.9. The van der Waals surface area contributed by atoms with Gasteiger partial charge in [-0.25, -0.2) is 4.79 Å². The number of hydrogen-bond acceptors (Lipinski definition) is 7. The van der Waals surface area contributed by atoms with Gasteiger partial charge in [-0.1, -0.05) is 13.8 Å². The summed E-state index contributed by atoms with van der Waals surface area (Å²) in [5.74, 6) is -3.78. The van der Waals surface area contributed by atoms with Crippen LogP contribution < -0.4 is 5.32 Å². The second kappa shape index (κ2) is 6.42. The zero-order valence-electron chi connectivity index (χ0n) is 15.8. The molecule has 0 aliphatic carbocycles. The minimum atomic E-state index is -1.11. The fourth-order valence-electron chi connectivity index (χ4n) is 3.57. The van der Waals surface area contributed by atoms with E-state index in [1.54, 1.807) is 41.5 Å². The van der Waals surface area contributed by atoms with E-state index in [4.69, 9.17) is 23.7 Å². The summed E-state index contributed by atoms with van der Waals surface area (Å²) < 4.78 is 29.2. The van der Waals surface area contributed by atoms with Crippen molar-refractivity contribution >= 4 is 11.9 Å². The van der Waals surface area contributed by atoms with E-state index in [9.17, 15) is 14.7 Å². The van der Waals surface area contributed by atoms with Gasteiger partial charge >= 0.3 is 5.97 Å². The molecule has 0 saturated carbocycles. The molecule has 148 valence electrons. The van der Waals surface area contributed by atoms with Crippen LogP contribution in [0.1, 0.15) is 41.5 Å². The molecule has 6 atom stereocenters. The molecule has 0 aromatic rings. The number of carbonyl (C=O) groups excluding carboxylic acids is 1. The van der Waals surface area contributed by atoms with Crippen molar-refractivity contribution in [3.8, 4) is 0 Å². The first-order valence-corrected chi connectivity index (χ1v) is 8.80. The van der Waals surface area contributed by atoms with Crippen LogP contribution in [0.3, 0.4) is 0 Å². The van der Waals surface area contributed by atoms with Gasteiger partial charge in [-0.05, 0) is 33.6 Å². The van der Waals surface area contributed by atoms with E-state index < -0.39 is 60.2 Å². The molecule has 0 unspecified atom stereocenters. The van der Waals surface area contributed by atoms with E-state index in [0.29, 0.717) is 0 Å². The maximum absolute atomic E-state index is 12.8. The standard InChI is InChI=1S/C17H27NO8/c1-7(2)8(14(20)21)18-13(19)11-9-10(24-16(3,4)23-9)12-15(22-11)26-17(5,6)25-12/h7-12,15H,1-6H3,(H,18,19)(H,20,21)/t8-,9-,10+,11+,12-,15-/m1/s1. The summed E-state index contributed by atoms with van der Waals surface area (Å²) in [4.78, 5) is 24.2. The number of aliphatic carboxylic acids is 1. The first-order chi connectivity index (χ1) is 11.9. The molecule has 3 aliphatic rings. The van der Waals surface area contributed by atoms with E-state index in [-0.39, 0.29) is 5.92 Å². The molecule has 0 aromatic heterocycles. The quantitative estimate of drug-likeness (QED) is 0.737. The summed E-state index contributed by atoms with van der Waals surface area (Å²) in [6, 6.07) is -1.03. The van der Waals surface area contributed by atoms with Crippen molar-refractivity contribution in [3.05, 3.63) is 0 Å².